The van der Waals surface area contributed by atoms with E-state index >= 15 is 0 Å². The zero-order valence-electron chi connectivity index (χ0n) is 15.6. The normalized spacial score (nSPS) is 19.0. The quantitative estimate of drug-likeness (QED) is 0.596. The first-order chi connectivity index (χ1) is 12.7. The lowest BCUT2D eigenvalue weighted by Gasteiger charge is -2.41. The van der Waals surface area contributed by atoms with Crippen molar-refractivity contribution in [2.45, 2.75) is 37.6 Å². The molecule has 0 unspecified atom stereocenters. The summed E-state index contributed by atoms with van der Waals surface area (Å²) in [6.07, 6.45) is 6.66. The topological polar surface area (TPSA) is 52.5 Å². The second kappa shape index (κ2) is 9.46. The van der Waals surface area contributed by atoms with E-state index in [0.717, 1.165) is 49.9 Å². The van der Waals surface area contributed by atoms with Crippen molar-refractivity contribution in [3.8, 4) is 0 Å². The van der Waals surface area contributed by atoms with Crippen molar-refractivity contribution in [1.29, 1.82) is 0 Å². The Morgan fingerprint density at radius 2 is 1.81 bits per heavy atom. The molecule has 6 heteroatoms. The first kappa shape index (κ1) is 19.3. The largest absolute Gasteiger partial charge is 0.396 e. The minimum Gasteiger partial charge on any atom is -0.396 e. The molecule has 2 heterocycles. The highest BCUT2D eigenvalue weighted by Crippen LogP contribution is 2.19. The van der Waals surface area contributed by atoms with Crippen LogP contribution in [0.15, 0.2) is 41.8 Å². The zero-order valence-corrected chi connectivity index (χ0v) is 16.5. The Morgan fingerprint density at radius 1 is 1.08 bits per heavy atom. The van der Waals surface area contributed by atoms with Gasteiger partial charge in [0.25, 0.3) is 0 Å². The monoisotopic (exact) mass is 372 g/mol. The van der Waals surface area contributed by atoms with Crippen molar-refractivity contribution in [1.82, 2.24) is 19.8 Å². The third-order valence-electron chi connectivity index (χ3n) is 4.93. The predicted octanol–water partition coefficient (Wildman–Crippen LogP) is 2.58. The molecule has 1 aromatic carbocycles. The van der Waals surface area contributed by atoms with E-state index in [0.29, 0.717) is 6.04 Å². The minimum absolute atomic E-state index is 0.231. The van der Waals surface area contributed by atoms with E-state index in [1.54, 1.807) is 11.8 Å². The summed E-state index contributed by atoms with van der Waals surface area (Å²) in [4.78, 5) is 13.7. The van der Waals surface area contributed by atoms with Gasteiger partial charge in [-0.25, -0.2) is 9.97 Å². The lowest BCUT2D eigenvalue weighted by atomic mass is 10.1. The summed E-state index contributed by atoms with van der Waals surface area (Å²) in [5, 5.41) is 10.3. The molecule has 0 spiro atoms. The van der Waals surface area contributed by atoms with Gasteiger partial charge in [0.1, 0.15) is 0 Å². The summed E-state index contributed by atoms with van der Waals surface area (Å²) in [6, 6.07) is 9.14. The molecule has 3 rings (SSSR count). The molecule has 1 saturated heterocycles. The molecule has 0 amide bonds. The third kappa shape index (κ3) is 5.27. The maximum Gasteiger partial charge on any atom is 0.187 e. The molecular formula is C20H28N4OS. The SMILES string of the molecule is CSc1ncc(CN2CCN(Cc3ccc(C)cc3)[C@H](CCO)C2)cn1. The Balaban J connectivity index is 1.60. The Morgan fingerprint density at radius 3 is 2.46 bits per heavy atom. The average molecular weight is 373 g/mol. The Bertz CT molecular complexity index is 677. The van der Waals surface area contributed by atoms with Crippen LogP contribution < -0.4 is 0 Å². The van der Waals surface area contributed by atoms with Crippen molar-refractivity contribution in [2.75, 3.05) is 32.5 Å². The molecule has 1 aliphatic rings. The Hall–Kier alpha value is -1.47. The smallest absolute Gasteiger partial charge is 0.187 e. The molecule has 2 aromatic rings. The van der Waals surface area contributed by atoms with Gasteiger partial charge in [-0.1, -0.05) is 41.6 Å². The molecular weight excluding hydrogens is 344 g/mol. The Labute approximate surface area is 160 Å². The first-order valence-corrected chi connectivity index (χ1v) is 10.4. The van der Waals surface area contributed by atoms with Gasteiger partial charge in [-0.2, -0.15) is 0 Å². The molecule has 5 nitrogen and oxygen atoms in total. The van der Waals surface area contributed by atoms with Gasteiger partial charge in [0.15, 0.2) is 5.16 Å². The summed E-state index contributed by atoms with van der Waals surface area (Å²) in [6.45, 7) is 7.18. The van der Waals surface area contributed by atoms with E-state index in [-0.39, 0.29) is 6.61 Å². The number of thioether (sulfide) groups is 1. The van der Waals surface area contributed by atoms with Gasteiger partial charge in [0.05, 0.1) is 0 Å². The van der Waals surface area contributed by atoms with Gasteiger partial charge in [-0.3, -0.25) is 9.80 Å². The molecule has 1 aromatic heterocycles. The highest BCUT2D eigenvalue weighted by Gasteiger charge is 2.26. The van der Waals surface area contributed by atoms with Crippen LogP contribution in [-0.2, 0) is 13.1 Å². The van der Waals surface area contributed by atoms with E-state index in [9.17, 15) is 5.11 Å². The second-order valence-electron chi connectivity index (χ2n) is 6.94. The zero-order chi connectivity index (χ0) is 18.4. The van der Waals surface area contributed by atoms with Crippen LogP contribution >= 0.6 is 11.8 Å². The maximum atomic E-state index is 9.50. The number of benzene rings is 1. The summed E-state index contributed by atoms with van der Waals surface area (Å²) in [7, 11) is 0. The number of aryl methyl sites for hydroxylation is 1. The summed E-state index contributed by atoms with van der Waals surface area (Å²) < 4.78 is 0. The minimum atomic E-state index is 0.231. The molecule has 1 atom stereocenters. The van der Waals surface area contributed by atoms with Gasteiger partial charge in [0.2, 0.25) is 0 Å². The van der Waals surface area contributed by atoms with Gasteiger partial charge < -0.3 is 5.11 Å². The van der Waals surface area contributed by atoms with Crippen molar-refractivity contribution in [3.63, 3.8) is 0 Å². The van der Waals surface area contributed by atoms with Gasteiger partial charge >= 0.3 is 0 Å². The number of hydrogen-bond acceptors (Lipinski definition) is 6. The number of aromatic nitrogens is 2. The summed E-state index contributed by atoms with van der Waals surface area (Å²) in [5.41, 5.74) is 3.78. The molecule has 0 saturated carbocycles. The van der Waals surface area contributed by atoms with Gasteiger partial charge in [0, 0.05) is 63.3 Å². The molecule has 1 aliphatic heterocycles. The maximum absolute atomic E-state index is 9.50. The van der Waals surface area contributed by atoms with Crippen LogP contribution in [0.25, 0.3) is 0 Å². The van der Waals surface area contributed by atoms with Crippen molar-refractivity contribution >= 4 is 11.8 Å². The number of hydrogen-bond donors (Lipinski definition) is 1. The fourth-order valence-electron chi connectivity index (χ4n) is 3.45. The van der Waals surface area contributed by atoms with Crippen LogP contribution in [-0.4, -0.2) is 63.4 Å². The number of rotatable bonds is 7. The molecule has 26 heavy (non-hydrogen) atoms. The second-order valence-corrected chi connectivity index (χ2v) is 7.71. The highest BCUT2D eigenvalue weighted by molar-refractivity contribution is 7.98. The molecule has 0 radical (unpaired) electrons. The van der Waals surface area contributed by atoms with Crippen LogP contribution in [0.3, 0.4) is 0 Å². The van der Waals surface area contributed by atoms with Crippen LogP contribution in [0.1, 0.15) is 23.1 Å². The number of piperazine rings is 1. The van der Waals surface area contributed by atoms with Crippen molar-refractivity contribution in [3.05, 3.63) is 53.3 Å². The molecule has 140 valence electrons. The molecule has 1 fully saturated rings. The average Bonchev–Trinajstić information content (AvgIpc) is 2.66. The van der Waals surface area contributed by atoms with E-state index in [1.165, 1.54) is 11.1 Å². The van der Waals surface area contributed by atoms with E-state index in [1.807, 2.05) is 18.6 Å². The lowest BCUT2D eigenvalue weighted by molar-refractivity contribution is 0.0498. The number of aliphatic hydroxyl groups excluding tert-OH is 1. The molecule has 0 bridgehead atoms. The fraction of sp³-hybridized carbons (Fsp3) is 0.500. The Kier molecular flexibility index (Phi) is 7.02. The van der Waals surface area contributed by atoms with Crippen LogP contribution in [0.4, 0.5) is 0 Å². The van der Waals surface area contributed by atoms with Gasteiger partial charge in [-0.05, 0) is 25.2 Å². The number of aliphatic hydroxyl groups is 1. The standard InChI is InChI=1S/C20H28N4OS/c1-16-3-5-17(6-4-16)14-24-9-8-23(15-19(24)7-10-25)13-18-11-21-20(26-2)22-12-18/h3-6,11-12,19,25H,7-10,13-15H2,1-2H3/t19-/m1/s1. The molecule has 0 aliphatic carbocycles. The van der Waals surface area contributed by atoms with E-state index < -0.39 is 0 Å². The van der Waals surface area contributed by atoms with Crippen LogP contribution in [0.2, 0.25) is 0 Å². The first-order valence-electron chi connectivity index (χ1n) is 9.15. The van der Waals surface area contributed by atoms with Crippen molar-refractivity contribution < 1.29 is 5.11 Å². The summed E-state index contributed by atoms with van der Waals surface area (Å²) in [5.74, 6) is 0. The van der Waals surface area contributed by atoms with E-state index in [2.05, 4.69) is 51.0 Å². The van der Waals surface area contributed by atoms with Crippen LogP contribution in [0, 0.1) is 6.92 Å². The summed E-state index contributed by atoms with van der Waals surface area (Å²) >= 11 is 1.56. The van der Waals surface area contributed by atoms with Gasteiger partial charge in [-0.15, -0.1) is 0 Å². The third-order valence-corrected chi connectivity index (χ3v) is 5.50. The lowest BCUT2D eigenvalue weighted by Crippen LogP contribution is -2.52. The number of nitrogens with zero attached hydrogens (tertiary/aromatic N) is 4. The van der Waals surface area contributed by atoms with Crippen molar-refractivity contribution in [2.24, 2.45) is 0 Å². The fourth-order valence-corrected chi connectivity index (χ4v) is 3.76. The predicted molar refractivity (Wildman–Crippen MR) is 106 cm³/mol. The van der Waals surface area contributed by atoms with Crippen LogP contribution in [0.5, 0.6) is 0 Å². The van der Waals surface area contributed by atoms with E-state index in [4.69, 9.17) is 0 Å². The highest BCUT2D eigenvalue weighted by atomic mass is 32.2. The molecule has 1 N–H and O–H groups in total.